The number of hydrogen-bond donors (Lipinski definition) is 1. The van der Waals surface area contributed by atoms with E-state index in [2.05, 4.69) is 48.6 Å². The molecule has 0 spiro atoms. The fourth-order valence-corrected chi connectivity index (χ4v) is 1.93. The monoisotopic (exact) mass is 227 g/mol. The molecule has 0 fully saturated rings. The van der Waals surface area contributed by atoms with Gasteiger partial charge in [-0.15, -0.1) is 0 Å². The molecule has 2 aromatic carbocycles. The zero-order chi connectivity index (χ0) is 12.3. The maximum Gasteiger partial charge on any atom is 0.119 e. The largest absolute Gasteiger partial charge is 0.497 e. The van der Waals surface area contributed by atoms with Gasteiger partial charge in [0.15, 0.2) is 0 Å². The van der Waals surface area contributed by atoms with Gasteiger partial charge in [0.2, 0.25) is 0 Å². The van der Waals surface area contributed by atoms with Gasteiger partial charge in [-0.25, -0.2) is 0 Å². The number of benzene rings is 2. The molecule has 0 atom stereocenters. The summed E-state index contributed by atoms with van der Waals surface area (Å²) in [6, 6.07) is 14.5. The third kappa shape index (κ3) is 2.41. The highest BCUT2D eigenvalue weighted by Crippen LogP contribution is 2.28. The Bertz CT molecular complexity index is 520. The van der Waals surface area contributed by atoms with Crippen LogP contribution < -0.4 is 10.1 Å². The summed E-state index contributed by atoms with van der Waals surface area (Å²) in [5, 5.41) is 3.15. The van der Waals surface area contributed by atoms with Crippen LogP contribution in [0.1, 0.15) is 5.56 Å². The molecule has 0 aromatic heterocycles. The maximum absolute atomic E-state index is 5.22. The van der Waals surface area contributed by atoms with Crippen molar-refractivity contribution in [2.75, 3.05) is 19.5 Å². The zero-order valence-electron chi connectivity index (χ0n) is 10.4. The summed E-state index contributed by atoms with van der Waals surface area (Å²) in [4.78, 5) is 0. The summed E-state index contributed by atoms with van der Waals surface area (Å²) in [5.74, 6) is 0.899. The molecule has 0 heterocycles. The van der Waals surface area contributed by atoms with Crippen LogP contribution in [0, 0.1) is 6.92 Å². The Morgan fingerprint density at radius 3 is 2.53 bits per heavy atom. The van der Waals surface area contributed by atoms with Gasteiger partial charge in [0, 0.05) is 12.7 Å². The van der Waals surface area contributed by atoms with Crippen LogP contribution in [-0.2, 0) is 0 Å². The second-order valence-corrected chi connectivity index (χ2v) is 4.01. The highest BCUT2D eigenvalue weighted by Gasteiger charge is 2.03. The third-order valence-electron chi connectivity index (χ3n) is 2.90. The number of hydrogen-bond acceptors (Lipinski definition) is 2. The molecule has 2 heteroatoms. The van der Waals surface area contributed by atoms with Gasteiger partial charge < -0.3 is 10.1 Å². The lowest BCUT2D eigenvalue weighted by Crippen LogP contribution is -1.90. The zero-order valence-corrected chi connectivity index (χ0v) is 10.4. The first-order chi connectivity index (χ1) is 8.24. The lowest BCUT2D eigenvalue weighted by molar-refractivity contribution is 0.414. The van der Waals surface area contributed by atoms with E-state index in [0.717, 1.165) is 11.4 Å². The van der Waals surface area contributed by atoms with Gasteiger partial charge in [0.25, 0.3) is 0 Å². The van der Waals surface area contributed by atoms with Gasteiger partial charge in [-0.3, -0.25) is 0 Å². The van der Waals surface area contributed by atoms with Crippen LogP contribution in [0.5, 0.6) is 5.75 Å². The summed E-state index contributed by atoms with van der Waals surface area (Å²) in [6.45, 7) is 2.10. The SMILES string of the molecule is CNc1cccc(-c2ccc(OC)cc2C)c1. The molecule has 0 amide bonds. The van der Waals surface area contributed by atoms with Gasteiger partial charge in [-0.05, 0) is 47.9 Å². The molecule has 2 nitrogen and oxygen atoms in total. The summed E-state index contributed by atoms with van der Waals surface area (Å²) >= 11 is 0. The van der Waals surface area contributed by atoms with Crippen molar-refractivity contribution in [1.82, 2.24) is 0 Å². The average Bonchev–Trinajstić information content (AvgIpc) is 2.38. The lowest BCUT2D eigenvalue weighted by Gasteiger charge is -2.09. The molecule has 0 aliphatic rings. The van der Waals surface area contributed by atoms with Crippen LogP contribution >= 0.6 is 0 Å². The van der Waals surface area contributed by atoms with Crippen molar-refractivity contribution < 1.29 is 4.74 Å². The molecule has 1 N–H and O–H groups in total. The molecule has 0 saturated carbocycles. The molecule has 88 valence electrons. The van der Waals surface area contributed by atoms with E-state index in [0.29, 0.717) is 0 Å². The van der Waals surface area contributed by atoms with E-state index in [1.54, 1.807) is 7.11 Å². The van der Waals surface area contributed by atoms with Crippen LogP contribution in [0.3, 0.4) is 0 Å². The number of ether oxygens (including phenoxy) is 1. The Morgan fingerprint density at radius 2 is 1.88 bits per heavy atom. The van der Waals surface area contributed by atoms with Crippen molar-refractivity contribution in [1.29, 1.82) is 0 Å². The maximum atomic E-state index is 5.22. The molecular weight excluding hydrogens is 210 g/mol. The summed E-state index contributed by atoms with van der Waals surface area (Å²) in [6.07, 6.45) is 0. The Hall–Kier alpha value is -1.96. The first-order valence-corrected chi connectivity index (χ1v) is 5.67. The van der Waals surface area contributed by atoms with Crippen LogP contribution in [0.2, 0.25) is 0 Å². The van der Waals surface area contributed by atoms with E-state index < -0.39 is 0 Å². The molecule has 0 unspecified atom stereocenters. The number of aryl methyl sites for hydroxylation is 1. The molecule has 17 heavy (non-hydrogen) atoms. The number of nitrogens with one attached hydrogen (secondary N) is 1. The summed E-state index contributed by atoms with van der Waals surface area (Å²) in [5.41, 5.74) is 4.80. The average molecular weight is 227 g/mol. The van der Waals surface area contributed by atoms with Crippen molar-refractivity contribution in [2.45, 2.75) is 6.92 Å². The standard InChI is InChI=1S/C15H17NO/c1-11-9-14(17-3)7-8-15(11)12-5-4-6-13(10-12)16-2/h4-10,16H,1-3H3. The molecule has 0 aliphatic heterocycles. The minimum absolute atomic E-state index is 0.899. The van der Waals surface area contributed by atoms with Crippen molar-refractivity contribution >= 4 is 5.69 Å². The van der Waals surface area contributed by atoms with Crippen LogP contribution in [-0.4, -0.2) is 14.2 Å². The molecule has 2 rings (SSSR count). The first kappa shape index (κ1) is 11.5. The van der Waals surface area contributed by atoms with Gasteiger partial charge in [0.05, 0.1) is 7.11 Å². The summed E-state index contributed by atoms with van der Waals surface area (Å²) < 4.78 is 5.22. The number of anilines is 1. The van der Waals surface area contributed by atoms with E-state index in [1.807, 2.05) is 13.1 Å². The second kappa shape index (κ2) is 4.91. The van der Waals surface area contributed by atoms with Gasteiger partial charge in [-0.1, -0.05) is 18.2 Å². The Kier molecular flexibility index (Phi) is 3.33. The van der Waals surface area contributed by atoms with Crippen molar-refractivity contribution in [3.05, 3.63) is 48.0 Å². The van der Waals surface area contributed by atoms with Crippen molar-refractivity contribution in [3.63, 3.8) is 0 Å². The highest BCUT2D eigenvalue weighted by molar-refractivity contribution is 5.71. The van der Waals surface area contributed by atoms with E-state index in [1.165, 1.54) is 16.7 Å². The van der Waals surface area contributed by atoms with Gasteiger partial charge in [0.1, 0.15) is 5.75 Å². The van der Waals surface area contributed by atoms with Crippen LogP contribution in [0.25, 0.3) is 11.1 Å². The quantitative estimate of drug-likeness (QED) is 0.863. The molecule has 0 radical (unpaired) electrons. The topological polar surface area (TPSA) is 21.3 Å². The smallest absolute Gasteiger partial charge is 0.119 e. The predicted molar refractivity (Wildman–Crippen MR) is 72.7 cm³/mol. The normalized spacial score (nSPS) is 10.1. The van der Waals surface area contributed by atoms with Crippen molar-refractivity contribution in [2.24, 2.45) is 0 Å². The summed E-state index contributed by atoms with van der Waals surface area (Å²) in [7, 11) is 3.62. The van der Waals surface area contributed by atoms with Crippen molar-refractivity contribution in [3.8, 4) is 16.9 Å². The van der Waals surface area contributed by atoms with Crippen LogP contribution in [0.4, 0.5) is 5.69 Å². The molecule has 0 saturated heterocycles. The number of rotatable bonds is 3. The van der Waals surface area contributed by atoms with E-state index in [4.69, 9.17) is 4.74 Å². The molecular formula is C15H17NO. The molecule has 0 bridgehead atoms. The number of methoxy groups -OCH3 is 1. The van der Waals surface area contributed by atoms with E-state index in [-0.39, 0.29) is 0 Å². The fraction of sp³-hybridized carbons (Fsp3) is 0.200. The minimum Gasteiger partial charge on any atom is -0.497 e. The van der Waals surface area contributed by atoms with E-state index >= 15 is 0 Å². The highest BCUT2D eigenvalue weighted by atomic mass is 16.5. The minimum atomic E-state index is 0.899. The molecule has 0 aliphatic carbocycles. The molecule has 2 aromatic rings. The fourth-order valence-electron chi connectivity index (χ4n) is 1.93. The Morgan fingerprint density at radius 1 is 1.06 bits per heavy atom. The van der Waals surface area contributed by atoms with Gasteiger partial charge in [-0.2, -0.15) is 0 Å². The Balaban J connectivity index is 2.45. The lowest BCUT2D eigenvalue weighted by atomic mass is 10.00. The van der Waals surface area contributed by atoms with Crippen LogP contribution in [0.15, 0.2) is 42.5 Å². The second-order valence-electron chi connectivity index (χ2n) is 4.01. The predicted octanol–water partition coefficient (Wildman–Crippen LogP) is 3.71. The Labute approximate surface area is 102 Å². The van der Waals surface area contributed by atoms with Gasteiger partial charge >= 0.3 is 0 Å². The van der Waals surface area contributed by atoms with E-state index in [9.17, 15) is 0 Å². The first-order valence-electron chi connectivity index (χ1n) is 5.67. The third-order valence-corrected chi connectivity index (χ3v) is 2.90.